The fourth-order valence-corrected chi connectivity index (χ4v) is 2.77. The van der Waals surface area contributed by atoms with Crippen LogP contribution < -0.4 is 0 Å². The van der Waals surface area contributed by atoms with E-state index in [9.17, 15) is 0 Å². The van der Waals surface area contributed by atoms with Gasteiger partial charge in [-0.1, -0.05) is 60.5 Å². The van der Waals surface area contributed by atoms with Gasteiger partial charge in [0.15, 0.2) is 0 Å². The van der Waals surface area contributed by atoms with E-state index in [0.717, 1.165) is 5.56 Å². The van der Waals surface area contributed by atoms with Crippen molar-refractivity contribution in [2.45, 2.75) is 54.4 Å². The molecule has 0 heterocycles. The van der Waals surface area contributed by atoms with Gasteiger partial charge < -0.3 is 7.43 Å². The van der Waals surface area contributed by atoms with E-state index in [4.69, 9.17) is 0 Å². The second-order valence-electron chi connectivity index (χ2n) is 9.55. The molecule has 3 heteroatoms. The molecule has 0 radical (unpaired) electrons. The number of halogens is 2. The van der Waals surface area contributed by atoms with Crippen LogP contribution in [0.15, 0.2) is 78.9 Å². The smallest absolute Gasteiger partial charge is 0.358 e. The van der Waals surface area contributed by atoms with Gasteiger partial charge in [-0.05, 0) is 10.8 Å². The maximum atomic E-state index is 3.72. The molecule has 0 spiro atoms. The molecule has 0 fully saturated rings. The molecule has 0 saturated carbocycles. The minimum Gasteiger partial charge on any atom is -0.358 e. The zero-order valence-electron chi connectivity index (χ0n) is 20.4. The molecular formula is C28H42Cl2Zr. The first-order valence-electron chi connectivity index (χ1n) is 9.83. The normalized spacial score (nSPS) is 9.61. The van der Waals surface area contributed by atoms with Crippen molar-refractivity contribution in [1.29, 1.82) is 0 Å². The summed E-state index contributed by atoms with van der Waals surface area (Å²) in [6.07, 6.45) is 2.36. The van der Waals surface area contributed by atoms with E-state index in [1.165, 1.54) is 24.0 Å². The Morgan fingerprint density at radius 2 is 0.903 bits per heavy atom. The Labute approximate surface area is 224 Å². The van der Waals surface area contributed by atoms with Gasteiger partial charge in [-0.15, -0.1) is 36.9 Å². The number of hydrogen-bond donors (Lipinski definition) is 0. The Morgan fingerprint density at radius 1 is 0.613 bits per heavy atom. The van der Waals surface area contributed by atoms with Gasteiger partial charge in [0.25, 0.3) is 0 Å². The summed E-state index contributed by atoms with van der Waals surface area (Å²) in [5.74, 6) is 0. The molecule has 0 aliphatic rings. The van der Waals surface area contributed by atoms with E-state index in [-0.39, 0.29) is 58.4 Å². The van der Waals surface area contributed by atoms with Crippen molar-refractivity contribution in [3.05, 3.63) is 110 Å². The van der Waals surface area contributed by atoms with E-state index < -0.39 is 0 Å². The van der Waals surface area contributed by atoms with Gasteiger partial charge in [0, 0.05) is 0 Å². The van der Waals surface area contributed by atoms with Gasteiger partial charge in [-0.3, -0.25) is 0 Å². The molecule has 0 N–H and O–H groups in total. The molecule has 3 rings (SSSR count). The van der Waals surface area contributed by atoms with Crippen LogP contribution in [0.3, 0.4) is 0 Å². The zero-order valence-corrected chi connectivity index (χ0v) is 24.5. The Morgan fingerprint density at radius 3 is 1.10 bits per heavy atom. The van der Waals surface area contributed by atoms with E-state index >= 15 is 0 Å². The van der Waals surface area contributed by atoms with E-state index in [0.29, 0.717) is 10.8 Å². The second-order valence-corrected chi connectivity index (χ2v) is 9.55. The molecular weight excluding hydrogens is 498 g/mol. The number of hydrogen-bond acceptors (Lipinski definition) is 0. The molecule has 3 aromatic rings. The van der Waals surface area contributed by atoms with Crippen molar-refractivity contribution in [3.8, 4) is 0 Å². The van der Waals surface area contributed by atoms with Gasteiger partial charge in [0.1, 0.15) is 0 Å². The first kappa shape index (κ1) is 37.6. The molecule has 0 unspecified atom stereocenters. The molecule has 0 amide bonds. The summed E-state index contributed by atoms with van der Waals surface area (Å²) >= 11 is 0. The summed E-state index contributed by atoms with van der Waals surface area (Å²) < 4.78 is 0. The molecule has 172 valence electrons. The topological polar surface area (TPSA) is 0 Å². The first-order valence-corrected chi connectivity index (χ1v) is 9.83. The van der Waals surface area contributed by atoms with E-state index in [1.54, 1.807) is 0 Å². The van der Waals surface area contributed by atoms with Crippen LogP contribution in [-0.2, 0) is 39.0 Å². The van der Waals surface area contributed by atoms with Crippen LogP contribution in [0.25, 0.3) is 0 Å². The maximum absolute atomic E-state index is 3.72. The molecule has 0 aromatic heterocycles. The van der Waals surface area contributed by atoms with Crippen molar-refractivity contribution in [2.24, 2.45) is 10.8 Å². The van der Waals surface area contributed by atoms with Gasteiger partial charge in [0.05, 0.1) is 0 Å². The van der Waals surface area contributed by atoms with Crippen LogP contribution in [-0.4, -0.2) is 0 Å². The van der Waals surface area contributed by atoms with Crippen molar-refractivity contribution in [2.75, 3.05) is 0 Å². The quantitative estimate of drug-likeness (QED) is 0.284. The molecule has 0 aliphatic heterocycles. The fourth-order valence-electron chi connectivity index (χ4n) is 2.77. The summed E-state index contributed by atoms with van der Waals surface area (Å²) in [5, 5.41) is 0. The van der Waals surface area contributed by atoms with Crippen LogP contribution >= 0.6 is 24.8 Å². The average Bonchev–Trinajstić information content (AvgIpc) is 3.20. The second kappa shape index (κ2) is 18.8. The molecule has 3 aromatic carbocycles. The fraction of sp³-hybridized carbons (Fsp3) is 0.357. The summed E-state index contributed by atoms with van der Waals surface area (Å²) in [4.78, 5) is 0. The largest absolute Gasteiger partial charge is 4.00 e. The Hall–Kier alpha value is -0.747. The Balaban J connectivity index is -0.000000168. The maximum Gasteiger partial charge on any atom is 4.00 e. The van der Waals surface area contributed by atoms with Gasteiger partial charge >= 0.3 is 26.2 Å². The molecule has 0 atom stereocenters. The summed E-state index contributed by atoms with van der Waals surface area (Å²) in [6, 6.07) is 27.0. The van der Waals surface area contributed by atoms with Gasteiger partial charge in [-0.2, -0.15) is 60.0 Å². The monoisotopic (exact) mass is 538 g/mol. The van der Waals surface area contributed by atoms with E-state index in [2.05, 4.69) is 97.0 Å². The van der Waals surface area contributed by atoms with Crippen molar-refractivity contribution < 1.29 is 26.2 Å². The third-order valence-electron chi connectivity index (χ3n) is 3.78. The van der Waals surface area contributed by atoms with Gasteiger partial charge in [-0.25, -0.2) is 24.3 Å². The number of benzene rings is 1. The van der Waals surface area contributed by atoms with Crippen molar-refractivity contribution >= 4 is 24.8 Å². The van der Waals surface area contributed by atoms with Crippen LogP contribution in [0.5, 0.6) is 0 Å². The standard InChI is InChI=1S/2C10H15.C7H7.CH3.2ClH.Zr/c2*1-10(2,3)8-9-6-4-5-7-9;1-7-5-3-2-4-6-7;;;;/h2*4-7H,8H2,1-3H3;2-6H,1H2;1H3;2*1H;/q4*-1;;;+4. The molecule has 0 aliphatic carbocycles. The third kappa shape index (κ3) is 22.2. The Bertz CT molecular complexity index is 654. The predicted molar refractivity (Wildman–Crippen MR) is 142 cm³/mol. The first-order chi connectivity index (χ1) is 12.6. The SMILES string of the molecule is CC(C)(C)C[c-]1cccc1.CC(C)(C)C[c-]1cccc1.Cl.Cl.[CH2-]c1ccccc1.[CH3-].[Zr+4]. The van der Waals surface area contributed by atoms with Crippen LogP contribution in [0, 0.1) is 25.2 Å². The third-order valence-corrected chi connectivity index (χ3v) is 3.78. The zero-order chi connectivity index (χ0) is 20.3. The van der Waals surface area contributed by atoms with Crippen LogP contribution in [0.4, 0.5) is 0 Å². The molecule has 0 saturated heterocycles. The van der Waals surface area contributed by atoms with Crippen LogP contribution in [0.1, 0.15) is 58.2 Å². The predicted octanol–water partition coefficient (Wildman–Crippen LogP) is 9.15. The Kier molecular flexibility index (Phi) is 22.8. The molecule has 0 bridgehead atoms. The summed E-state index contributed by atoms with van der Waals surface area (Å²) in [5.41, 5.74) is 4.82. The molecule has 0 nitrogen and oxygen atoms in total. The molecule has 31 heavy (non-hydrogen) atoms. The summed E-state index contributed by atoms with van der Waals surface area (Å²) in [6.45, 7) is 17.3. The number of rotatable bonds is 2. The van der Waals surface area contributed by atoms with Gasteiger partial charge in [0.2, 0.25) is 0 Å². The average molecular weight is 541 g/mol. The van der Waals surface area contributed by atoms with Crippen molar-refractivity contribution in [3.63, 3.8) is 0 Å². The van der Waals surface area contributed by atoms with Crippen molar-refractivity contribution in [1.82, 2.24) is 0 Å². The minimum absolute atomic E-state index is 0. The van der Waals surface area contributed by atoms with E-state index in [1.807, 2.05) is 30.3 Å². The minimum atomic E-state index is 0. The van der Waals surface area contributed by atoms with Crippen LogP contribution in [0.2, 0.25) is 0 Å². The summed E-state index contributed by atoms with van der Waals surface area (Å²) in [7, 11) is 0.